The summed E-state index contributed by atoms with van der Waals surface area (Å²) in [7, 11) is 0. The van der Waals surface area contributed by atoms with Gasteiger partial charge in [0.25, 0.3) is 5.91 Å². The summed E-state index contributed by atoms with van der Waals surface area (Å²) in [4.78, 5) is 23.2. The van der Waals surface area contributed by atoms with Crippen molar-refractivity contribution >= 4 is 23.2 Å². The Morgan fingerprint density at radius 1 is 1.45 bits per heavy atom. The Morgan fingerprint density at radius 3 is 3.15 bits per heavy atom. The highest BCUT2D eigenvalue weighted by Gasteiger charge is 2.17. The molecule has 1 aromatic rings. The maximum Gasteiger partial charge on any atom is 0.262 e. The predicted octanol–water partition coefficient (Wildman–Crippen LogP) is 2.31. The SMILES string of the molecule is O=C(C[C@H]1C=CCC1)Nc1ccc2c(c1)NC(=O)CO2. The van der Waals surface area contributed by atoms with Crippen molar-refractivity contribution < 1.29 is 14.3 Å². The lowest BCUT2D eigenvalue weighted by atomic mass is 10.1. The van der Waals surface area contributed by atoms with Crippen LogP contribution in [0.5, 0.6) is 5.75 Å². The minimum absolute atomic E-state index is 0.00967. The van der Waals surface area contributed by atoms with Crippen LogP contribution in [0.1, 0.15) is 19.3 Å². The lowest BCUT2D eigenvalue weighted by Crippen LogP contribution is -2.25. The fraction of sp³-hybridized carbons (Fsp3) is 0.333. The van der Waals surface area contributed by atoms with E-state index >= 15 is 0 Å². The smallest absolute Gasteiger partial charge is 0.262 e. The molecule has 0 saturated carbocycles. The number of nitrogens with one attached hydrogen (secondary N) is 2. The zero-order chi connectivity index (χ0) is 13.9. The van der Waals surface area contributed by atoms with E-state index in [4.69, 9.17) is 4.74 Å². The van der Waals surface area contributed by atoms with Crippen LogP contribution < -0.4 is 15.4 Å². The van der Waals surface area contributed by atoms with Gasteiger partial charge in [-0.1, -0.05) is 12.2 Å². The Morgan fingerprint density at radius 2 is 2.35 bits per heavy atom. The molecule has 0 aromatic heterocycles. The van der Waals surface area contributed by atoms with Gasteiger partial charge < -0.3 is 15.4 Å². The minimum atomic E-state index is -0.183. The average molecular weight is 272 g/mol. The Balaban J connectivity index is 1.65. The van der Waals surface area contributed by atoms with E-state index in [0.29, 0.717) is 29.5 Å². The fourth-order valence-corrected chi connectivity index (χ4v) is 2.48. The molecule has 5 heteroatoms. The largest absolute Gasteiger partial charge is 0.482 e. The molecule has 0 spiro atoms. The van der Waals surface area contributed by atoms with E-state index < -0.39 is 0 Å². The first-order chi connectivity index (χ1) is 9.70. The van der Waals surface area contributed by atoms with Crippen molar-refractivity contribution in [1.82, 2.24) is 0 Å². The molecule has 0 saturated heterocycles. The quantitative estimate of drug-likeness (QED) is 0.830. The topological polar surface area (TPSA) is 67.4 Å². The van der Waals surface area contributed by atoms with Crippen LogP contribution in [-0.4, -0.2) is 18.4 Å². The molecule has 2 aliphatic rings. The monoisotopic (exact) mass is 272 g/mol. The predicted molar refractivity (Wildman–Crippen MR) is 75.7 cm³/mol. The van der Waals surface area contributed by atoms with E-state index in [1.807, 2.05) is 0 Å². The number of benzene rings is 1. The lowest BCUT2D eigenvalue weighted by molar-refractivity contribution is -0.118. The van der Waals surface area contributed by atoms with Crippen molar-refractivity contribution in [3.05, 3.63) is 30.4 Å². The molecular weight excluding hydrogens is 256 g/mol. The summed E-state index contributed by atoms with van der Waals surface area (Å²) in [5.74, 6) is 0.776. The summed E-state index contributed by atoms with van der Waals surface area (Å²) in [5, 5.41) is 5.57. The van der Waals surface area contributed by atoms with Crippen LogP contribution in [0.4, 0.5) is 11.4 Å². The minimum Gasteiger partial charge on any atom is -0.482 e. The third kappa shape index (κ3) is 2.82. The number of hydrogen-bond donors (Lipinski definition) is 2. The van der Waals surface area contributed by atoms with Crippen molar-refractivity contribution in [1.29, 1.82) is 0 Å². The van der Waals surface area contributed by atoms with Gasteiger partial charge in [0.1, 0.15) is 5.75 Å². The van der Waals surface area contributed by atoms with E-state index in [1.54, 1.807) is 18.2 Å². The van der Waals surface area contributed by atoms with Gasteiger partial charge >= 0.3 is 0 Å². The molecule has 3 rings (SSSR count). The first-order valence-corrected chi connectivity index (χ1v) is 6.74. The molecule has 104 valence electrons. The Kier molecular flexibility index (Phi) is 3.41. The van der Waals surface area contributed by atoms with Crippen LogP contribution in [0.25, 0.3) is 0 Å². The summed E-state index contributed by atoms with van der Waals surface area (Å²) in [6, 6.07) is 5.24. The fourth-order valence-electron chi connectivity index (χ4n) is 2.48. The van der Waals surface area contributed by atoms with E-state index in [0.717, 1.165) is 12.8 Å². The summed E-state index contributed by atoms with van der Waals surface area (Å²) in [6.07, 6.45) is 6.81. The van der Waals surface area contributed by atoms with Crippen molar-refractivity contribution in [3.63, 3.8) is 0 Å². The maximum absolute atomic E-state index is 11.9. The van der Waals surface area contributed by atoms with Crippen molar-refractivity contribution in [3.8, 4) is 5.75 Å². The number of ether oxygens (including phenoxy) is 1. The number of fused-ring (bicyclic) bond motifs is 1. The maximum atomic E-state index is 11.9. The summed E-state index contributed by atoms with van der Waals surface area (Å²) in [5.41, 5.74) is 1.27. The second-order valence-electron chi connectivity index (χ2n) is 5.07. The number of carbonyl (C=O) groups is 2. The number of rotatable bonds is 3. The number of carbonyl (C=O) groups excluding carboxylic acids is 2. The van der Waals surface area contributed by atoms with Gasteiger partial charge in [-0.15, -0.1) is 0 Å². The van der Waals surface area contributed by atoms with Crippen LogP contribution in [-0.2, 0) is 9.59 Å². The van der Waals surface area contributed by atoms with Gasteiger partial charge in [-0.2, -0.15) is 0 Å². The first kappa shape index (κ1) is 12.7. The van der Waals surface area contributed by atoms with E-state index in [9.17, 15) is 9.59 Å². The standard InChI is InChI=1S/C15H16N2O3/c18-14(7-10-3-1-2-4-10)16-11-5-6-13-12(8-11)17-15(19)9-20-13/h1,3,5-6,8,10H,2,4,7,9H2,(H,16,18)(H,17,19)/t10-/m0/s1. The second-order valence-corrected chi connectivity index (χ2v) is 5.07. The van der Waals surface area contributed by atoms with Crippen molar-refractivity contribution in [2.45, 2.75) is 19.3 Å². The lowest BCUT2D eigenvalue weighted by Gasteiger charge is -2.18. The molecule has 2 N–H and O–H groups in total. The summed E-state index contributed by atoms with van der Waals surface area (Å²) in [6.45, 7) is 0.0344. The number of hydrogen-bond acceptors (Lipinski definition) is 3. The van der Waals surface area contributed by atoms with E-state index in [2.05, 4.69) is 22.8 Å². The van der Waals surface area contributed by atoms with E-state index in [1.165, 1.54) is 0 Å². The molecule has 1 aliphatic carbocycles. The van der Waals surface area contributed by atoms with Gasteiger partial charge in [-0.25, -0.2) is 0 Å². The van der Waals surface area contributed by atoms with Gasteiger partial charge in [0.05, 0.1) is 5.69 Å². The van der Waals surface area contributed by atoms with Crippen LogP contribution >= 0.6 is 0 Å². The number of anilines is 2. The van der Waals surface area contributed by atoms with Gasteiger partial charge in [0, 0.05) is 12.1 Å². The molecule has 1 atom stereocenters. The Labute approximate surface area is 117 Å². The molecular formula is C15H16N2O3. The van der Waals surface area contributed by atoms with Crippen LogP contribution in [0.3, 0.4) is 0 Å². The summed E-state index contributed by atoms with van der Waals surface area (Å²) < 4.78 is 5.27. The molecule has 5 nitrogen and oxygen atoms in total. The molecule has 1 aliphatic heterocycles. The molecule has 1 aromatic carbocycles. The normalized spacial score (nSPS) is 20.0. The highest BCUT2D eigenvalue weighted by Crippen LogP contribution is 2.30. The van der Waals surface area contributed by atoms with Crippen LogP contribution in [0, 0.1) is 5.92 Å². The summed E-state index contributed by atoms with van der Waals surface area (Å²) >= 11 is 0. The second kappa shape index (κ2) is 5.36. The highest BCUT2D eigenvalue weighted by atomic mass is 16.5. The molecule has 0 radical (unpaired) electrons. The van der Waals surface area contributed by atoms with Gasteiger partial charge in [-0.3, -0.25) is 9.59 Å². The Hall–Kier alpha value is -2.30. The average Bonchev–Trinajstić information content (AvgIpc) is 2.91. The van der Waals surface area contributed by atoms with Gasteiger partial charge in [0.2, 0.25) is 5.91 Å². The molecule has 20 heavy (non-hydrogen) atoms. The Bertz CT molecular complexity index is 580. The molecule has 0 bridgehead atoms. The zero-order valence-electron chi connectivity index (χ0n) is 11.0. The zero-order valence-corrected chi connectivity index (χ0v) is 11.0. The first-order valence-electron chi connectivity index (χ1n) is 6.74. The molecule has 0 fully saturated rings. The number of allylic oxidation sites excluding steroid dienone is 2. The van der Waals surface area contributed by atoms with E-state index in [-0.39, 0.29) is 18.4 Å². The molecule has 0 unspecified atom stereocenters. The third-order valence-corrected chi connectivity index (χ3v) is 3.46. The van der Waals surface area contributed by atoms with Crippen molar-refractivity contribution in [2.24, 2.45) is 5.92 Å². The third-order valence-electron chi connectivity index (χ3n) is 3.46. The van der Waals surface area contributed by atoms with Crippen molar-refractivity contribution in [2.75, 3.05) is 17.2 Å². The molecule has 2 amide bonds. The van der Waals surface area contributed by atoms with Crippen LogP contribution in [0.15, 0.2) is 30.4 Å². The van der Waals surface area contributed by atoms with Gasteiger partial charge in [-0.05, 0) is 37.0 Å². The highest BCUT2D eigenvalue weighted by molar-refractivity contribution is 5.97. The molecule has 1 heterocycles. The van der Waals surface area contributed by atoms with Gasteiger partial charge in [0.15, 0.2) is 6.61 Å². The van der Waals surface area contributed by atoms with Crippen LogP contribution in [0.2, 0.25) is 0 Å². The number of amides is 2.